The molecule has 0 atom stereocenters. The van der Waals surface area contributed by atoms with Gasteiger partial charge in [-0.1, -0.05) is 6.07 Å². The zero-order valence-electron chi connectivity index (χ0n) is 16.1. The van der Waals surface area contributed by atoms with Crippen LogP contribution in [0.2, 0.25) is 0 Å². The number of pyridine rings is 1. The number of aryl methyl sites for hydroxylation is 3. The molecule has 3 heterocycles. The molecule has 5 rings (SSSR count). The minimum Gasteiger partial charge on any atom is -0.358 e. The van der Waals surface area contributed by atoms with Crippen molar-refractivity contribution in [2.45, 2.75) is 38.6 Å². The number of aromatic amines is 1. The molecule has 0 saturated carbocycles. The molecule has 0 spiro atoms. The number of H-pyrrole nitrogens is 1. The third-order valence-electron chi connectivity index (χ3n) is 5.68. The maximum absolute atomic E-state index is 12.6. The van der Waals surface area contributed by atoms with Crippen molar-refractivity contribution in [3.8, 4) is 0 Å². The van der Waals surface area contributed by atoms with E-state index < -0.39 is 0 Å². The third kappa shape index (κ3) is 3.22. The van der Waals surface area contributed by atoms with Crippen LogP contribution in [0.4, 0.5) is 0 Å². The van der Waals surface area contributed by atoms with E-state index >= 15 is 0 Å². The van der Waals surface area contributed by atoms with E-state index in [1.54, 1.807) is 18.3 Å². The van der Waals surface area contributed by atoms with Crippen molar-refractivity contribution in [2.24, 2.45) is 0 Å². The third-order valence-corrected chi connectivity index (χ3v) is 5.68. The number of nitrogens with zero attached hydrogens (tertiary/aromatic N) is 3. The summed E-state index contributed by atoms with van der Waals surface area (Å²) in [5.41, 5.74) is 4.95. The highest BCUT2D eigenvalue weighted by Gasteiger charge is 2.16. The maximum Gasteiger partial charge on any atom is 0.350 e. The minimum atomic E-state index is -0.158. The van der Waals surface area contributed by atoms with Gasteiger partial charge in [0.05, 0.1) is 0 Å². The molecule has 1 amide bonds. The molecule has 0 radical (unpaired) electrons. The highest BCUT2D eigenvalue weighted by atomic mass is 16.2. The molecule has 29 heavy (non-hydrogen) atoms. The average Bonchev–Trinajstić information content (AvgIpc) is 3.28. The van der Waals surface area contributed by atoms with E-state index in [1.165, 1.54) is 38.6 Å². The smallest absolute Gasteiger partial charge is 0.350 e. The van der Waals surface area contributed by atoms with Crippen molar-refractivity contribution in [2.75, 3.05) is 6.54 Å². The quantitative estimate of drug-likeness (QED) is 0.515. The molecular formula is C22H23N5O2. The molecule has 7 heteroatoms. The van der Waals surface area contributed by atoms with Crippen molar-refractivity contribution < 1.29 is 4.79 Å². The summed E-state index contributed by atoms with van der Waals surface area (Å²) in [7, 11) is 0. The molecule has 0 saturated heterocycles. The summed E-state index contributed by atoms with van der Waals surface area (Å²) in [6.45, 7) is 0.952. The van der Waals surface area contributed by atoms with Crippen LogP contribution in [0, 0.1) is 0 Å². The van der Waals surface area contributed by atoms with Gasteiger partial charge in [-0.05, 0) is 68.0 Å². The van der Waals surface area contributed by atoms with E-state index in [1.807, 2.05) is 24.3 Å². The summed E-state index contributed by atoms with van der Waals surface area (Å²) < 4.78 is 2.96. The number of hydrogen-bond donors (Lipinski definition) is 2. The fourth-order valence-corrected chi connectivity index (χ4v) is 4.19. The summed E-state index contributed by atoms with van der Waals surface area (Å²) in [6.07, 6.45) is 6.94. The number of rotatable bonds is 5. The Morgan fingerprint density at radius 1 is 1.17 bits per heavy atom. The Bertz CT molecular complexity index is 1260. The Kier molecular flexibility index (Phi) is 4.42. The molecule has 1 aliphatic rings. The van der Waals surface area contributed by atoms with Gasteiger partial charge >= 0.3 is 5.69 Å². The first-order chi connectivity index (χ1) is 14.2. The van der Waals surface area contributed by atoms with Gasteiger partial charge in [0, 0.05) is 41.4 Å². The van der Waals surface area contributed by atoms with E-state index in [2.05, 4.69) is 15.4 Å². The van der Waals surface area contributed by atoms with E-state index in [0.29, 0.717) is 30.7 Å². The predicted octanol–water partition coefficient (Wildman–Crippen LogP) is 2.68. The highest BCUT2D eigenvalue weighted by Crippen LogP contribution is 2.29. The van der Waals surface area contributed by atoms with Crippen LogP contribution >= 0.6 is 0 Å². The number of hydrogen-bond acceptors (Lipinski definition) is 3. The van der Waals surface area contributed by atoms with Crippen LogP contribution < -0.4 is 11.0 Å². The maximum atomic E-state index is 12.6. The molecule has 7 nitrogen and oxygen atoms in total. The lowest BCUT2D eigenvalue weighted by atomic mass is 9.95. The number of amides is 1. The van der Waals surface area contributed by atoms with Gasteiger partial charge in [0.25, 0.3) is 5.91 Å². The molecule has 0 fully saturated rings. The minimum absolute atomic E-state index is 0.0833. The summed E-state index contributed by atoms with van der Waals surface area (Å²) in [6, 6.07) is 11.3. The van der Waals surface area contributed by atoms with Crippen LogP contribution in [0.5, 0.6) is 0 Å². The van der Waals surface area contributed by atoms with Crippen LogP contribution in [0.25, 0.3) is 16.6 Å². The van der Waals surface area contributed by atoms with E-state index in [9.17, 15) is 9.59 Å². The number of carbonyl (C=O) groups is 1. The van der Waals surface area contributed by atoms with Crippen LogP contribution in [0.15, 0.2) is 47.4 Å². The average molecular weight is 389 g/mol. The monoisotopic (exact) mass is 389 g/mol. The molecule has 148 valence electrons. The number of nitrogens with one attached hydrogen (secondary N) is 2. The SMILES string of the molecule is O=C(NCCCn1nc2ccccn2c1=O)c1ccc2[nH]c3c(c2c1)CCCC3. The van der Waals surface area contributed by atoms with Crippen LogP contribution in [-0.2, 0) is 19.4 Å². The summed E-state index contributed by atoms with van der Waals surface area (Å²) in [4.78, 5) is 28.4. The first-order valence-corrected chi connectivity index (χ1v) is 10.2. The number of benzene rings is 1. The van der Waals surface area contributed by atoms with Crippen molar-refractivity contribution in [1.29, 1.82) is 0 Å². The Hall–Kier alpha value is -3.35. The summed E-state index contributed by atoms with van der Waals surface area (Å²) in [5.74, 6) is -0.0833. The van der Waals surface area contributed by atoms with Crippen LogP contribution in [-0.4, -0.2) is 31.6 Å². The van der Waals surface area contributed by atoms with Crippen LogP contribution in [0.1, 0.15) is 40.9 Å². The largest absolute Gasteiger partial charge is 0.358 e. The first kappa shape index (κ1) is 17.7. The van der Waals surface area contributed by atoms with E-state index in [0.717, 1.165) is 18.4 Å². The fraction of sp³-hybridized carbons (Fsp3) is 0.318. The van der Waals surface area contributed by atoms with Crippen molar-refractivity contribution in [3.63, 3.8) is 0 Å². The Morgan fingerprint density at radius 3 is 2.97 bits per heavy atom. The van der Waals surface area contributed by atoms with Crippen molar-refractivity contribution >= 4 is 22.5 Å². The molecule has 4 aromatic rings. The Balaban J connectivity index is 1.23. The van der Waals surface area contributed by atoms with Gasteiger partial charge in [-0.3, -0.25) is 9.20 Å². The lowest BCUT2D eigenvalue weighted by molar-refractivity contribution is 0.0952. The second kappa shape index (κ2) is 7.24. The Morgan fingerprint density at radius 2 is 2.07 bits per heavy atom. The summed E-state index contributed by atoms with van der Waals surface area (Å²) >= 11 is 0. The van der Waals surface area contributed by atoms with Crippen molar-refractivity contribution in [1.82, 2.24) is 24.5 Å². The second-order valence-electron chi connectivity index (χ2n) is 7.59. The normalized spacial score (nSPS) is 13.7. The summed E-state index contributed by atoms with van der Waals surface area (Å²) in [5, 5.41) is 8.44. The number of aromatic nitrogens is 4. The number of fused-ring (bicyclic) bond motifs is 4. The standard InChI is InChI=1S/C22H23N5O2/c28-21(15-9-10-19-17(14-15)16-6-1-2-7-18(16)24-19)23-11-5-13-27-22(29)26-12-4-3-8-20(26)25-27/h3-4,8-10,12,14,24H,1-2,5-7,11,13H2,(H,23,28). The molecule has 0 unspecified atom stereocenters. The lowest BCUT2D eigenvalue weighted by Gasteiger charge is -2.10. The molecule has 2 N–H and O–H groups in total. The van der Waals surface area contributed by atoms with Crippen LogP contribution in [0.3, 0.4) is 0 Å². The lowest BCUT2D eigenvalue weighted by Crippen LogP contribution is -2.27. The Labute approximate surface area is 167 Å². The van der Waals surface area contributed by atoms with Gasteiger partial charge < -0.3 is 10.3 Å². The van der Waals surface area contributed by atoms with Gasteiger partial charge in [0.2, 0.25) is 0 Å². The molecule has 0 bridgehead atoms. The van der Waals surface area contributed by atoms with Gasteiger partial charge in [-0.25, -0.2) is 9.48 Å². The first-order valence-electron chi connectivity index (χ1n) is 10.2. The van der Waals surface area contributed by atoms with Gasteiger partial charge in [0.1, 0.15) is 0 Å². The highest BCUT2D eigenvalue weighted by molar-refractivity contribution is 5.99. The van der Waals surface area contributed by atoms with Crippen molar-refractivity contribution in [3.05, 3.63) is 69.9 Å². The van der Waals surface area contributed by atoms with E-state index in [4.69, 9.17) is 0 Å². The molecule has 1 aromatic carbocycles. The molecule has 0 aliphatic heterocycles. The predicted molar refractivity (Wildman–Crippen MR) is 111 cm³/mol. The molecular weight excluding hydrogens is 366 g/mol. The van der Waals surface area contributed by atoms with E-state index in [-0.39, 0.29) is 11.6 Å². The molecule has 1 aliphatic carbocycles. The zero-order chi connectivity index (χ0) is 19.8. The second-order valence-corrected chi connectivity index (χ2v) is 7.59. The molecule has 3 aromatic heterocycles. The fourth-order valence-electron chi connectivity index (χ4n) is 4.19. The topological polar surface area (TPSA) is 84.2 Å². The van der Waals surface area contributed by atoms with Gasteiger partial charge in [-0.15, -0.1) is 5.10 Å². The zero-order valence-corrected chi connectivity index (χ0v) is 16.1. The van der Waals surface area contributed by atoms with Gasteiger partial charge in [0.15, 0.2) is 5.65 Å². The van der Waals surface area contributed by atoms with Gasteiger partial charge in [-0.2, -0.15) is 0 Å². The number of carbonyl (C=O) groups excluding carboxylic acids is 1.